The fourth-order valence-electron chi connectivity index (χ4n) is 5.73. The van der Waals surface area contributed by atoms with Gasteiger partial charge in [-0.15, -0.1) is 0 Å². The summed E-state index contributed by atoms with van der Waals surface area (Å²) in [5.41, 5.74) is -3.52. The maximum atomic E-state index is 13.2. The lowest BCUT2D eigenvalue weighted by molar-refractivity contribution is -0.357. The molecule has 2 aromatic carbocycles. The van der Waals surface area contributed by atoms with Crippen molar-refractivity contribution in [1.82, 2.24) is 0 Å². The maximum Gasteiger partial charge on any atom is 0.331 e. The number of esters is 1. The maximum absolute atomic E-state index is 13.2. The Kier molecular flexibility index (Phi) is 12.6. The number of carbonyl (C=O) groups is 1. The van der Waals surface area contributed by atoms with Crippen LogP contribution in [0.3, 0.4) is 0 Å². The molecule has 0 unspecified atom stereocenters. The van der Waals surface area contributed by atoms with Gasteiger partial charge >= 0.3 is 5.97 Å². The number of hydrogen-bond donors (Lipinski definition) is 11. The number of phenolic OH excluding ortho intramolecular Hbond substituents is 4. The van der Waals surface area contributed by atoms with Crippen molar-refractivity contribution in [2.24, 2.45) is 0 Å². The number of aromatic hydroxyl groups is 4. The van der Waals surface area contributed by atoms with Gasteiger partial charge in [0.15, 0.2) is 48.0 Å². The van der Waals surface area contributed by atoms with Crippen molar-refractivity contribution in [2.45, 2.75) is 73.1 Å². The van der Waals surface area contributed by atoms with Gasteiger partial charge in [-0.25, -0.2) is 4.79 Å². The fraction of sp³-hybridized carbons (Fsp3) is 0.545. The second-order valence-corrected chi connectivity index (χ2v) is 12.6. The van der Waals surface area contributed by atoms with Gasteiger partial charge in [0.1, 0.15) is 41.7 Å². The standard InChI is InChI=1S/C33H42O19/c34-11-22-24(50-23(41)6-3-16-1-4-18(37)20(39)9-16)25(51-30-27(42)32(44,12-35)14-47-30)26(52-31-28(43)33(45,13-36)15-48-31)29(49-22)46-8-7-17-2-5-19(38)21(40)10-17/h1-6,9-10,22,24-31,34-40,42-45H,7-8,11-15H2/b6-3+/t22-,24-,25+,26-,27+,28+,29-,30+,31+,32+,33+/m1/s1. The third-order valence-electron chi connectivity index (χ3n) is 8.89. The molecule has 3 aliphatic rings. The Morgan fingerprint density at radius 1 is 0.769 bits per heavy atom. The van der Waals surface area contributed by atoms with E-state index < -0.39 is 117 Å². The van der Waals surface area contributed by atoms with Crippen LogP contribution in [0.5, 0.6) is 23.0 Å². The van der Waals surface area contributed by atoms with E-state index in [-0.39, 0.29) is 30.1 Å². The molecule has 0 radical (unpaired) electrons. The van der Waals surface area contributed by atoms with Crippen LogP contribution in [0.15, 0.2) is 42.5 Å². The van der Waals surface area contributed by atoms with Crippen molar-refractivity contribution in [3.05, 3.63) is 53.6 Å². The van der Waals surface area contributed by atoms with Crippen LogP contribution in [0.1, 0.15) is 11.1 Å². The minimum Gasteiger partial charge on any atom is -0.504 e. The summed E-state index contributed by atoms with van der Waals surface area (Å²) in [6.45, 7) is -4.02. The van der Waals surface area contributed by atoms with Crippen molar-refractivity contribution in [3.63, 3.8) is 0 Å². The van der Waals surface area contributed by atoms with E-state index in [1.165, 1.54) is 36.4 Å². The van der Waals surface area contributed by atoms with Gasteiger partial charge < -0.3 is 89.3 Å². The van der Waals surface area contributed by atoms with E-state index in [2.05, 4.69) is 0 Å². The Morgan fingerprint density at radius 3 is 1.88 bits per heavy atom. The third-order valence-corrected chi connectivity index (χ3v) is 8.89. The highest BCUT2D eigenvalue weighted by atomic mass is 16.8. The first kappa shape index (κ1) is 39.5. The van der Waals surface area contributed by atoms with Crippen LogP contribution in [0, 0.1) is 0 Å². The molecule has 3 heterocycles. The molecule has 52 heavy (non-hydrogen) atoms. The number of aliphatic hydroxyl groups excluding tert-OH is 5. The van der Waals surface area contributed by atoms with Gasteiger partial charge in [0.2, 0.25) is 0 Å². The zero-order valence-corrected chi connectivity index (χ0v) is 27.5. The Labute approximate surface area is 295 Å². The van der Waals surface area contributed by atoms with Gasteiger partial charge in [-0.05, 0) is 47.9 Å². The van der Waals surface area contributed by atoms with Crippen molar-refractivity contribution in [3.8, 4) is 23.0 Å². The second kappa shape index (κ2) is 16.6. The number of rotatable bonds is 14. The number of phenols is 4. The molecule has 19 nitrogen and oxygen atoms in total. The van der Waals surface area contributed by atoms with Crippen LogP contribution in [0.25, 0.3) is 6.08 Å². The van der Waals surface area contributed by atoms with E-state index in [1.807, 2.05) is 0 Å². The fourth-order valence-corrected chi connectivity index (χ4v) is 5.73. The van der Waals surface area contributed by atoms with Crippen LogP contribution < -0.4 is 0 Å². The number of ether oxygens (including phenoxy) is 7. The summed E-state index contributed by atoms with van der Waals surface area (Å²) in [6, 6.07) is 7.80. The lowest BCUT2D eigenvalue weighted by Crippen LogP contribution is -2.64. The lowest BCUT2D eigenvalue weighted by Gasteiger charge is -2.46. The average molecular weight is 743 g/mol. The number of carbonyl (C=O) groups excluding carboxylic acids is 1. The summed E-state index contributed by atoms with van der Waals surface area (Å²) < 4.78 is 40.5. The summed E-state index contributed by atoms with van der Waals surface area (Å²) in [6.07, 6.45) is -12.8. The molecule has 3 aliphatic heterocycles. The Morgan fingerprint density at radius 2 is 1.35 bits per heavy atom. The summed E-state index contributed by atoms with van der Waals surface area (Å²) in [5, 5.41) is 112. The van der Waals surface area contributed by atoms with Crippen LogP contribution in [-0.2, 0) is 44.4 Å². The quantitative estimate of drug-likeness (QED) is 0.0524. The van der Waals surface area contributed by atoms with Crippen LogP contribution >= 0.6 is 0 Å². The van der Waals surface area contributed by atoms with Gasteiger partial charge in [-0.2, -0.15) is 0 Å². The van der Waals surface area contributed by atoms with E-state index >= 15 is 0 Å². The van der Waals surface area contributed by atoms with E-state index in [0.29, 0.717) is 5.56 Å². The molecule has 3 saturated heterocycles. The summed E-state index contributed by atoms with van der Waals surface area (Å²) in [4.78, 5) is 13.2. The van der Waals surface area contributed by atoms with Crippen LogP contribution in [0.4, 0.5) is 0 Å². The number of aliphatic hydroxyl groups is 7. The first-order valence-electron chi connectivity index (χ1n) is 16.1. The highest BCUT2D eigenvalue weighted by Crippen LogP contribution is 2.37. The Bertz CT molecular complexity index is 1560. The number of benzene rings is 2. The van der Waals surface area contributed by atoms with Gasteiger partial charge in [0, 0.05) is 6.08 Å². The van der Waals surface area contributed by atoms with Crippen LogP contribution in [0.2, 0.25) is 0 Å². The third kappa shape index (κ3) is 8.58. The monoisotopic (exact) mass is 742 g/mol. The minimum absolute atomic E-state index is 0.118. The summed E-state index contributed by atoms with van der Waals surface area (Å²) in [5.74, 6) is -2.64. The molecule has 2 aromatic rings. The van der Waals surface area contributed by atoms with E-state index in [4.69, 9.17) is 33.2 Å². The Balaban J connectivity index is 1.46. The molecule has 11 atom stereocenters. The first-order chi connectivity index (χ1) is 24.7. The molecule has 19 heteroatoms. The molecule has 5 rings (SSSR count). The van der Waals surface area contributed by atoms with E-state index in [1.54, 1.807) is 0 Å². The topological polar surface area (TPSA) is 304 Å². The zero-order chi connectivity index (χ0) is 37.8. The van der Waals surface area contributed by atoms with Crippen LogP contribution in [-0.4, -0.2) is 168 Å². The molecular formula is C33H42O19. The molecule has 0 saturated carbocycles. The molecule has 0 aliphatic carbocycles. The predicted octanol–water partition coefficient (Wildman–Crippen LogP) is -2.94. The van der Waals surface area contributed by atoms with E-state index in [9.17, 15) is 61.0 Å². The van der Waals surface area contributed by atoms with E-state index in [0.717, 1.165) is 12.1 Å². The molecule has 3 fully saturated rings. The van der Waals surface area contributed by atoms with Crippen molar-refractivity contribution >= 4 is 12.0 Å². The molecule has 0 spiro atoms. The molecule has 11 N–H and O–H groups in total. The van der Waals surface area contributed by atoms with Gasteiger partial charge in [0.05, 0.1) is 39.6 Å². The van der Waals surface area contributed by atoms with Gasteiger partial charge in [-0.3, -0.25) is 0 Å². The first-order valence-corrected chi connectivity index (χ1v) is 16.1. The lowest BCUT2D eigenvalue weighted by atomic mass is 9.96. The smallest absolute Gasteiger partial charge is 0.331 e. The molecule has 288 valence electrons. The highest BCUT2D eigenvalue weighted by Gasteiger charge is 2.57. The SMILES string of the molecule is O=C(/C=C/c1ccc(O)c(O)c1)O[C@H]1[C@H](O[C@@H]2OC[C@@](O)(CO)[C@H]2O)[C@@H](O[C@@H]2OC[C@@](O)(CO)[C@H]2O)[C@H](OCCc2ccc(O)c(O)c2)O[C@@H]1CO. The second-order valence-electron chi connectivity index (χ2n) is 12.6. The predicted molar refractivity (Wildman–Crippen MR) is 169 cm³/mol. The van der Waals surface area contributed by atoms with Gasteiger partial charge in [-0.1, -0.05) is 12.1 Å². The highest BCUT2D eigenvalue weighted by molar-refractivity contribution is 5.87. The van der Waals surface area contributed by atoms with Crippen molar-refractivity contribution in [1.29, 1.82) is 0 Å². The minimum atomic E-state index is -2.17. The largest absolute Gasteiger partial charge is 0.504 e. The van der Waals surface area contributed by atoms with Crippen molar-refractivity contribution < 1.29 is 94.1 Å². The summed E-state index contributed by atoms with van der Waals surface area (Å²) >= 11 is 0. The van der Waals surface area contributed by atoms with Crippen molar-refractivity contribution in [2.75, 3.05) is 39.6 Å². The average Bonchev–Trinajstić information content (AvgIpc) is 3.58. The normalized spacial score (nSPS) is 34.9. The zero-order valence-electron chi connectivity index (χ0n) is 27.5. The molecule has 0 aromatic heterocycles. The Hall–Kier alpha value is -3.67. The number of hydrogen-bond acceptors (Lipinski definition) is 19. The summed E-state index contributed by atoms with van der Waals surface area (Å²) in [7, 11) is 0. The van der Waals surface area contributed by atoms with Gasteiger partial charge in [0.25, 0.3) is 0 Å². The molecular weight excluding hydrogens is 700 g/mol. The molecule has 0 bridgehead atoms. The molecule has 0 amide bonds.